The van der Waals surface area contributed by atoms with E-state index >= 15 is 0 Å². The summed E-state index contributed by atoms with van der Waals surface area (Å²) in [5.74, 6) is 1.85. The van der Waals surface area contributed by atoms with Crippen molar-refractivity contribution in [3.05, 3.63) is 64.6 Å². The monoisotopic (exact) mass is 377 g/mol. The molecule has 3 atom stereocenters. The fraction of sp³-hybridized carbons (Fsp3) is 0.500. The van der Waals surface area contributed by atoms with Gasteiger partial charge in [-0.2, -0.15) is 10.1 Å². The number of fused-ring (bicyclic) bond motifs is 1. The van der Waals surface area contributed by atoms with Crippen LogP contribution in [0.4, 0.5) is 0 Å². The van der Waals surface area contributed by atoms with Crippen LogP contribution in [-0.2, 0) is 6.54 Å². The van der Waals surface area contributed by atoms with Crippen molar-refractivity contribution >= 4 is 0 Å². The summed E-state index contributed by atoms with van der Waals surface area (Å²) in [6.07, 6.45) is 3.53. The fourth-order valence-electron chi connectivity index (χ4n) is 5.00. The van der Waals surface area contributed by atoms with E-state index in [9.17, 15) is 0 Å². The number of nitrogens with zero attached hydrogens (tertiary/aromatic N) is 5. The van der Waals surface area contributed by atoms with Gasteiger partial charge in [-0.05, 0) is 57.7 Å². The average molecular weight is 377 g/mol. The van der Waals surface area contributed by atoms with E-state index in [-0.39, 0.29) is 0 Å². The van der Waals surface area contributed by atoms with E-state index in [2.05, 4.69) is 59.3 Å². The lowest BCUT2D eigenvalue weighted by atomic mass is 9.94. The number of aryl methyl sites for hydroxylation is 1. The molecule has 1 aromatic carbocycles. The van der Waals surface area contributed by atoms with Crippen molar-refractivity contribution < 1.29 is 4.52 Å². The number of hydrogen-bond acceptors (Lipinski definition) is 5. The Bertz CT molecular complexity index is 976. The molecule has 0 spiro atoms. The highest BCUT2D eigenvalue weighted by Crippen LogP contribution is 2.48. The Balaban J connectivity index is 1.38. The molecule has 2 saturated heterocycles. The molecule has 0 bridgehead atoms. The van der Waals surface area contributed by atoms with Crippen LogP contribution in [0.25, 0.3) is 0 Å². The number of aromatic nitrogens is 4. The zero-order chi connectivity index (χ0) is 19.3. The SMILES string of the molecule is Cc1nn(Cc2nc([C@@H]3C[C@H](c4ccccc4)N4CCC[C@@H]34)no2)c(C)c1C. The lowest BCUT2D eigenvalue weighted by Crippen LogP contribution is -2.27. The van der Waals surface area contributed by atoms with E-state index in [1.54, 1.807) is 0 Å². The summed E-state index contributed by atoms with van der Waals surface area (Å²) < 4.78 is 7.60. The summed E-state index contributed by atoms with van der Waals surface area (Å²) in [5.41, 5.74) is 4.84. The Kier molecular flexibility index (Phi) is 4.31. The van der Waals surface area contributed by atoms with Gasteiger partial charge in [-0.25, -0.2) is 0 Å². The molecule has 2 aliphatic heterocycles. The third-order valence-corrected chi connectivity index (χ3v) is 6.71. The van der Waals surface area contributed by atoms with E-state index in [1.807, 2.05) is 11.6 Å². The standard InChI is InChI=1S/C22H27N5O/c1-14-15(2)24-27(16(14)3)13-21-23-22(25-28-21)18-12-20(17-8-5-4-6-9-17)26-11-7-10-19(18)26/h4-6,8-9,18-20H,7,10-13H2,1-3H3/t18-,19+,20-/m1/s1. The smallest absolute Gasteiger partial charge is 0.248 e. The van der Waals surface area contributed by atoms with Crippen LogP contribution in [-0.4, -0.2) is 37.4 Å². The highest BCUT2D eigenvalue weighted by molar-refractivity contribution is 5.25. The Labute approximate surface area is 165 Å². The molecule has 0 aliphatic carbocycles. The van der Waals surface area contributed by atoms with Crippen LogP contribution in [0.5, 0.6) is 0 Å². The molecule has 0 radical (unpaired) electrons. The van der Waals surface area contributed by atoms with Gasteiger partial charge in [-0.1, -0.05) is 35.5 Å². The summed E-state index contributed by atoms with van der Waals surface area (Å²) in [6.45, 7) is 7.93. The summed E-state index contributed by atoms with van der Waals surface area (Å²) in [4.78, 5) is 7.44. The van der Waals surface area contributed by atoms with E-state index < -0.39 is 0 Å². The highest BCUT2D eigenvalue weighted by atomic mass is 16.5. The molecule has 28 heavy (non-hydrogen) atoms. The summed E-state index contributed by atoms with van der Waals surface area (Å²) in [7, 11) is 0. The molecule has 2 aliphatic rings. The molecule has 0 saturated carbocycles. The Morgan fingerprint density at radius 1 is 1.14 bits per heavy atom. The van der Waals surface area contributed by atoms with Crippen LogP contribution < -0.4 is 0 Å². The maximum Gasteiger partial charge on any atom is 0.248 e. The average Bonchev–Trinajstić information content (AvgIpc) is 3.46. The molecule has 0 N–H and O–H groups in total. The first-order valence-corrected chi connectivity index (χ1v) is 10.3. The number of benzene rings is 1. The minimum absolute atomic E-state index is 0.340. The second-order valence-corrected chi connectivity index (χ2v) is 8.22. The molecule has 3 aromatic rings. The Morgan fingerprint density at radius 2 is 1.96 bits per heavy atom. The maximum absolute atomic E-state index is 5.63. The van der Waals surface area contributed by atoms with Crippen molar-refractivity contribution in [2.75, 3.05) is 6.54 Å². The van der Waals surface area contributed by atoms with E-state index in [0.29, 0.717) is 30.4 Å². The third-order valence-electron chi connectivity index (χ3n) is 6.71. The Hall–Kier alpha value is -2.47. The van der Waals surface area contributed by atoms with Gasteiger partial charge in [0.25, 0.3) is 0 Å². The van der Waals surface area contributed by atoms with Crippen LogP contribution in [0.3, 0.4) is 0 Å². The van der Waals surface area contributed by atoms with Crippen LogP contribution in [0.15, 0.2) is 34.9 Å². The first-order chi connectivity index (χ1) is 13.6. The number of rotatable bonds is 4. The first-order valence-electron chi connectivity index (χ1n) is 10.3. The number of hydrogen-bond donors (Lipinski definition) is 0. The zero-order valence-corrected chi connectivity index (χ0v) is 16.8. The van der Waals surface area contributed by atoms with Crippen molar-refractivity contribution in [2.24, 2.45) is 0 Å². The van der Waals surface area contributed by atoms with Gasteiger partial charge in [0.1, 0.15) is 6.54 Å². The van der Waals surface area contributed by atoms with Crippen molar-refractivity contribution in [1.29, 1.82) is 0 Å². The predicted octanol–water partition coefficient (Wildman–Crippen LogP) is 3.93. The summed E-state index contributed by atoms with van der Waals surface area (Å²) >= 11 is 0. The molecular formula is C22H27N5O. The summed E-state index contributed by atoms with van der Waals surface area (Å²) in [6, 6.07) is 11.8. The van der Waals surface area contributed by atoms with Gasteiger partial charge in [-0.3, -0.25) is 9.58 Å². The molecular weight excluding hydrogens is 350 g/mol. The largest absolute Gasteiger partial charge is 0.337 e. The predicted molar refractivity (Wildman–Crippen MR) is 106 cm³/mol. The van der Waals surface area contributed by atoms with Gasteiger partial charge < -0.3 is 4.52 Å². The molecule has 4 heterocycles. The minimum atomic E-state index is 0.340. The van der Waals surface area contributed by atoms with E-state index in [4.69, 9.17) is 9.51 Å². The minimum Gasteiger partial charge on any atom is -0.337 e. The van der Waals surface area contributed by atoms with Gasteiger partial charge >= 0.3 is 0 Å². The molecule has 5 rings (SSSR count). The molecule has 0 unspecified atom stereocenters. The maximum atomic E-state index is 5.63. The highest BCUT2D eigenvalue weighted by Gasteiger charge is 2.46. The van der Waals surface area contributed by atoms with E-state index in [1.165, 1.54) is 24.0 Å². The lowest BCUT2D eigenvalue weighted by Gasteiger charge is -2.24. The topological polar surface area (TPSA) is 60.0 Å². The van der Waals surface area contributed by atoms with Crippen molar-refractivity contribution in [1.82, 2.24) is 24.8 Å². The van der Waals surface area contributed by atoms with Gasteiger partial charge in [0.05, 0.1) is 5.69 Å². The second-order valence-electron chi connectivity index (χ2n) is 8.22. The van der Waals surface area contributed by atoms with Crippen LogP contribution in [0, 0.1) is 20.8 Å². The van der Waals surface area contributed by atoms with Gasteiger partial charge in [0, 0.05) is 23.7 Å². The van der Waals surface area contributed by atoms with Crippen LogP contribution in [0.2, 0.25) is 0 Å². The van der Waals surface area contributed by atoms with Crippen molar-refractivity contribution in [2.45, 2.75) is 64.6 Å². The van der Waals surface area contributed by atoms with Crippen LogP contribution >= 0.6 is 0 Å². The van der Waals surface area contributed by atoms with Gasteiger partial charge in [0.15, 0.2) is 5.82 Å². The quantitative estimate of drug-likeness (QED) is 0.689. The lowest BCUT2D eigenvalue weighted by molar-refractivity contribution is 0.243. The third kappa shape index (κ3) is 2.87. The Morgan fingerprint density at radius 3 is 2.71 bits per heavy atom. The molecule has 0 amide bonds. The molecule has 6 heteroatoms. The second kappa shape index (κ2) is 6.85. The first kappa shape index (κ1) is 17.6. The molecule has 146 valence electrons. The van der Waals surface area contributed by atoms with Gasteiger partial charge in [-0.15, -0.1) is 0 Å². The van der Waals surface area contributed by atoms with Crippen LogP contribution in [0.1, 0.15) is 65.5 Å². The molecule has 6 nitrogen and oxygen atoms in total. The van der Waals surface area contributed by atoms with Crippen molar-refractivity contribution in [3.63, 3.8) is 0 Å². The van der Waals surface area contributed by atoms with Crippen molar-refractivity contribution in [3.8, 4) is 0 Å². The zero-order valence-electron chi connectivity index (χ0n) is 16.8. The van der Waals surface area contributed by atoms with E-state index in [0.717, 1.165) is 30.2 Å². The summed E-state index contributed by atoms with van der Waals surface area (Å²) in [5, 5.41) is 8.99. The normalized spacial score (nSPS) is 24.8. The molecule has 2 fully saturated rings. The fourth-order valence-corrected chi connectivity index (χ4v) is 5.00. The molecule has 2 aromatic heterocycles. The van der Waals surface area contributed by atoms with Gasteiger partial charge in [0.2, 0.25) is 5.89 Å².